The van der Waals surface area contributed by atoms with Gasteiger partial charge in [-0.25, -0.2) is 13.8 Å². The van der Waals surface area contributed by atoms with Crippen molar-refractivity contribution in [3.05, 3.63) is 47.0 Å². The molecule has 6 heteroatoms. The van der Waals surface area contributed by atoms with Crippen LogP contribution in [0.15, 0.2) is 34.7 Å². The fraction of sp³-hybridized carbons (Fsp3) is 0. The second kappa shape index (κ2) is 4.20. The lowest BCUT2D eigenvalue weighted by molar-refractivity contribution is 0.602. The minimum atomic E-state index is -0.594. The first-order valence-electron chi connectivity index (χ1n) is 5.35. The number of nitrogens with zero attached hydrogens (tertiary/aromatic N) is 1. The van der Waals surface area contributed by atoms with Gasteiger partial charge in [-0.3, -0.25) is 0 Å². The third kappa shape index (κ3) is 2.02. The fourth-order valence-corrected chi connectivity index (χ4v) is 1.93. The van der Waals surface area contributed by atoms with Crippen LogP contribution in [0.4, 0.5) is 14.5 Å². The van der Waals surface area contributed by atoms with E-state index >= 15 is 0 Å². The molecule has 0 spiro atoms. The van der Waals surface area contributed by atoms with Crippen LogP contribution in [0.3, 0.4) is 0 Å². The molecule has 1 heterocycles. The molecular weight excluding hydrogens is 274 g/mol. The van der Waals surface area contributed by atoms with Gasteiger partial charge in [-0.05, 0) is 24.3 Å². The van der Waals surface area contributed by atoms with Crippen molar-refractivity contribution in [3.8, 4) is 11.5 Å². The summed E-state index contributed by atoms with van der Waals surface area (Å²) >= 11 is 5.66. The van der Waals surface area contributed by atoms with E-state index in [1.54, 1.807) is 0 Å². The number of halogens is 3. The SMILES string of the molecule is Nc1cc(F)ccc1-c1nc2cc(Cl)c(F)cc2o1. The summed E-state index contributed by atoms with van der Waals surface area (Å²) in [7, 11) is 0. The van der Waals surface area contributed by atoms with Gasteiger partial charge in [-0.2, -0.15) is 0 Å². The average molecular weight is 281 g/mol. The molecule has 0 atom stereocenters. The Morgan fingerprint density at radius 2 is 1.95 bits per heavy atom. The molecule has 0 unspecified atom stereocenters. The lowest BCUT2D eigenvalue weighted by atomic mass is 10.2. The normalized spacial score (nSPS) is 11.1. The molecule has 96 valence electrons. The van der Waals surface area contributed by atoms with E-state index in [4.69, 9.17) is 21.8 Å². The molecule has 0 bridgehead atoms. The van der Waals surface area contributed by atoms with Crippen LogP contribution in [0.1, 0.15) is 0 Å². The van der Waals surface area contributed by atoms with Crippen LogP contribution >= 0.6 is 11.6 Å². The zero-order valence-corrected chi connectivity index (χ0v) is 10.2. The number of rotatable bonds is 1. The van der Waals surface area contributed by atoms with Crippen LogP contribution in [0.2, 0.25) is 5.02 Å². The molecule has 1 aromatic heterocycles. The molecule has 0 amide bonds. The summed E-state index contributed by atoms with van der Waals surface area (Å²) < 4.78 is 31.7. The molecule has 19 heavy (non-hydrogen) atoms. The van der Waals surface area contributed by atoms with Crippen LogP contribution in [0, 0.1) is 11.6 Å². The Kier molecular flexibility index (Phi) is 2.64. The lowest BCUT2D eigenvalue weighted by Crippen LogP contribution is -1.91. The molecule has 0 fully saturated rings. The number of benzene rings is 2. The molecule has 0 saturated heterocycles. The van der Waals surface area contributed by atoms with Crippen molar-refractivity contribution in [2.75, 3.05) is 5.73 Å². The van der Waals surface area contributed by atoms with Gasteiger partial charge in [-0.1, -0.05) is 11.6 Å². The zero-order chi connectivity index (χ0) is 13.6. The number of aromatic nitrogens is 1. The first-order chi connectivity index (χ1) is 9.04. The Bertz CT molecular complexity index is 747. The van der Waals surface area contributed by atoms with E-state index in [0.717, 1.165) is 12.1 Å². The minimum absolute atomic E-state index is 0.0422. The number of fused-ring (bicyclic) bond motifs is 1. The van der Waals surface area contributed by atoms with E-state index in [1.807, 2.05) is 0 Å². The first-order valence-corrected chi connectivity index (χ1v) is 5.73. The van der Waals surface area contributed by atoms with Crippen LogP contribution < -0.4 is 5.73 Å². The average Bonchev–Trinajstić information content (AvgIpc) is 2.72. The van der Waals surface area contributed by atoms with Gasteiger partial charge in [0.1, 0.15) is 17.2 Å². The Hall–Kier alpha value is -2.14. The van der Waals surface area contributed by atoms with Gasteiger partial charge < -0.3 is 10.2 Å². The predicted octanol–water partition coefficient (Wildman–Crippen LogP) is 4.01. The summed E-state index contributed by atoms with van der Waals surface area (Å²) in [6.07, 6.45) is 0. The molecule has 2 aromatic carbocycles. The molecule has 3 aromatic rings. The number of oxazole rings is 1. The summed E-state index contributed by atoms with van der Waals surface area (Å²) in [6.45, 7) is 0. The van der Waals surface area contributed by atoms with Crippen LogP contribution in [-0.2, 0) is 0 Å². The Balaban J connectivity index is 2.20. The molecule has 0 aliphatic heterocycles. The smallest absolute Gasteiger partial charge is 0.229 e. The van der Waals surface area contributed by atoms with E-state index in [0.29, 0.717) is 11.1 Å². The van der Waals surface area contributed by atoms with Crippen molar-refractivity contribution < 1.29 is 13.2 Å². The molecule has 0 aliphatic rings. The topological polar surface area (TPSA) is 52.0 Å². The summed E-state index contributed by atoms with van der Waals surface area (Å²) in [5.41, 5.74) is 6.98. The maximum absolute atomic E-state index is 13.3. The van der Waals surface area contributed by atoms with Gasteiger partial charge in [0.25, 0.3) is 0 Å². The van der Waals surface area contributed by atoms with Crippen molar-refractivity contribution in [3.63, 3.8) is 0 Å². The molecular formula is C13H7ClF2N2O. The van der Waals surface area contributed by atoms with Crippen molar-refractivity contribution in [2.24, 2.45) is 0 Å². The number of nitrogen functional groups attached to an aromatic ring is 1. The summed E-state index contributed by atoms with van der Waals surface area (Å²) in [5.74, 6) is -0.857. The molecule has 3 rings (SSSR count). The van der Waals surface area contributed by atoms with Crippen LogP contribution in [0.5, 0.6) is 0 Å². The molecule has 0 radical (unpaired) electrons. The third-order valence-electron chi connectivity index (χ3n) is 2.67. The van der Waals surface area contributed by atoms with Gasteiger partial charge >= 0.3 is 0 Å². The van der Waals surface area contributed by atoms with Crippen molar-refractivity contribution in [2.45, 2.75) is 0 Å². The Morgan fingerprint density at radius 1 is 1.16 bits per heavy atom. The highest BCUT2D eigenvalue weighted by Gasteiger charge is 2.13. The van der Waals surface area contributed by atoms with Crippen LogP contribution in [0.25, 0.3) is 22.6 Å². The number of hydrogen-bond donors (Lipinski definition) is 1. The minimum Gasteiger partial charge on any atom is -0.436 e. The second-order valence-electron chi connectivity index (χ2n) is 3.98. The molecule has 3 nitrogen and oxygen atoms in total. The standard InChI is InChI=1S/C13H7ClF2N2O/c14-8-4-11-12(5-9(8)16)19-13(18-11)7-2-1-6(15)3-10(7)17/h1-5H,17H2. The van der Waals surface area contributed by atoms with Crippen molar-refractivity contribution in [1.29, 1.82) is 0 Å². The number of nitrogens with two attached hydrogens (primary N) is 1. The Morgan fingerprint density at radius 3 is 2.68 bits per heavy atom. The van der Waals surface area contributed by atoms with E-state index in [-0.39, 0.29) is 22.2 Å². The maximum Gasteiger partial charge on any atom is 0.229 e. The van der Waals surface area contributed by atoms with E-state index < -0.39 is 11.6 Å². The highest BCUT2D eigenvalue weighted by molar-refractivity contribution is 6.31. The van der Waals surface area contributed by atoms with E-state index in [1.165, 1.54) is 18.2 Å². The van der Waals surface area contributed by atoms with E-state index in [9.17, 15) is 8.78 Å². The van der Waals surface area contributed by atoms with Crippen LogP contribution in [-0.4, -0.2) is 4.98 Å². The quantitative estimate of drug-likeness (QED) is 0.685. The fourth-order valence-electron chi connectivity index (χ4n) is 1.77. The number of anilines is 1. The van der Waals surface area contributed by atoms with Gasteiger partial charge in [0.05, 0.1) is 10.6 Å². The van der Waals surface area contributed by atoms with Gasteiger partial charge in [0, 0.05) is 11.8 Å². The summed E-state index contributed by atoms with van der Waals surface area (Å²) in [6, 6.07) is 6.37. The van der Waals surface area contributed by atoms with Crippen molar-refractivity contribution >= 4 is 28.4 Å². The Labute approximate surface area is 111 Å². The molecule has 2 N–H and O–H groups in total. The summed E-state index contributed by atoms with van der Waals surface area (Å²) in [4.78, 5) is 4.16. The van der Waals surface area contributed by atoms with Gasteiger partial charge in [-0.15, -0.1) is 0 Å². The van der Waals surface area contributed by atoms with Crippen molar-refractivity contribution in [1.82, 2.24) is 4.98 Å². The van der Waals surface area contributed by atoms with Gasteiger partial charge in [0.15, 0.2) is 5.58 Å². The summed E-state index contributed by atoms with van der Waals surface area (Å²) in [5, 5.41) is -0.0422. The highest BCUT2D eigenvalue weighted by Crippen LogP contribution is 2.30. The monoisotopic (exact) mass is 280 g/mol. The molecule has 0 aliphatic carbocycles. The van der Waals surface area contributed by atoms with Gasteiger partial charge in [0.2, 0.25) is 5.89 Å². The maximum atomic E-state index is 13.3. The lowest BCUT2D eigenvalue weighted by Gasteiger charge is -2.00. The third-order valence-corrected chi connectivity index (χ3v) is 2.96. The largest absolute Gasteiger partial charge is 0.436 e. The number of hydrogen-bond acceptors (Lipinski definition) is 3. The molecule has 0 saturated carbocycles. The van der Waals surface area contributed by atoms with E-state index in [2.05, 4.69) is 4.98 Å². The highest BCUT2D eigenvalue weighted by atomic mass is 35.5. The second-order valence-corrected chi connectivity index (χ2v) is 4.39. The zero-order valence-electron chi connectivity index (χ0n) is 9.45. The first kappa shape index (κ1) is 11.9. The predicted molar refractivity (Wildman–Crippen MR) is 68.8 cm³/mol.